The van der Waals surface area contributed by atoms with Gasteiger partial charge in [0, 0.05) is 25.0 Å². The Bertz CT molecular complexity index is 300. The molecule has 3 heteroatoms. The molecular formula is C15H27N3. The van der Waals surface area contributed by atoms with Gasteiger partial charge in [0.1, 0.15) is 0 Å². The van der Waals surface area contributed by atoms with E-state index in [0.29, 0.717) is 0 Å². The van der Waals surface area contributed by atoms with E-state index in [9.17, 15) is 0 Å². The number of hydrogen-bond donors (Lipinski definition) is 1. The van der Waals surface area contributed by atoms with Gasteiger partial charge >= 0.3 is 0 Å². The summed E-state index contributed by atoms with van der Waals surface area (Å²) in [5, 5.41) is 7.93. The van der Waals surface area contributed by atoms with Crippen LogP contribution in [-0.4, -0.2) is 22.4 Å². The van der Waals surface area contributed by atoms with Crippen LogP contribution in [0.2, 0.25) is 0 Å². The van der Waals surface area contributed by atoms with Crippen molar-refractivity contribution in [1.29, 1.82) is 0 Å². The Morgan fingerprint density at radius 1 is 1.28 bits per heavy atom. The molecule has 1 N–H and O–H groups in total. The maximum absolute atomic E-state index is 4.22. The zero-order valence-electron chi connectivity index (χ0n) is 11.6. The van der Waals surface area contributed by atoms with Crippen molar-refractivity contribution in [3.05, 3.63) is 18.5 Å². The van der Waals surface area contributed by atoms with Gasteiger partial charge in [-0.05, 0) is 50.6 Å². The van der Waals surface area contributed by atoms with Gasteiger partial charge in [-0.15, -0.1) is 0 Å². The second kappa shape index (κ2) is 7.57. The molecule has 1 saturated carbocycles. The largest absolute Gasteiger partial charge is 0.314 e. The number of aryl methyl sites for hydroxylation is 1. The van der Waals surface area contributed by atoms with Crippen molar-refractivity contribution in [3.8, 4) is 0 Å². The number of rotatable bonds is 7. The molecule has 0 saturated heterocycles. The molecule has 0 bridgehead atoms. The molecule has 1 aliphatic carbocycles. The first-order valence-corrected chi connectivity index (χ1v) is 7.59. The van der Waals surface area contributed by atoms with Crippen molar-refractivity contribution < 1.29 is 0 Å². The molecule has 0 unspecified atom stereocenters. The lowest BCUT2D eigenvalue weighted by Crippen LogP contribution is -2.34. The summed E-state index contributed by atoms with van der Waals surface area (Å²) in [6.07, 6.45) is 13.5. The predicted octanol–water partition coefficient (Wildman–Crippen LogP) is 3.22. The van der Waals surface area contributed by atoms with E-state index in [2.05, 4.69) is 17.3 Å². The Balaban J connectivity index is 1.53. The van der Waals surface area contributed by atoms with Gasteiger partial charge in [-0.1, -0.05) is 19.8 Å². The van der Waals surface area contributed by atoms with Crippen molar-refractivity contribution in [2.45, 2.75) is 64.5 Å². The van der Waals surface area contributed by atoms with Crippen LogP contribution in [0.3, 0.4) is 0 Å². The molecule has 3 nitrogen and oxygen atoms in total. The summed E-state index contributed by atoms with van der Waals surface area (Å²) in [4.78, 5) is 0. The molecule has 0 radical (unpaired) electrons. The van der Waals surface area contributed by atoms with Crippen LogP contribution in [0.15, 0.2) is 18.5 Å². The third-order valence-corrected chi connectivity index (χ3v) is 4.10. The van der Waals surface area contributed by atoms with E-state index in [0.717, 1.165) is 25.0 Å². The van der Waals surface area contributed by atoms with Crippen molar-refractivity contribution in [3.63, 3.8) is 0 Å². The van der Waals surface area contributed by atoms with Crippen molar-refractivity contribution in [2.75, 3.05) is 6.54 Å². The summed E-state index contributed by atoms with van der Waals surface area (Å²) >= 11 is 0. The zero-order valence-corrected chi connectivity index (χ0v) is 11.6. The van der Waals surface area contributed by atoms with Crippen LogP contribution >= 0.6 is 0 Å². The van der Waals surface area contributed by atoms with Crippen LogP contribution in [0, 0.1) is 5.92 Å². The number of hydrogen-bond acceptors (Lipinski definition) is 2. The highest BCUT2D eigenvalue weighted by atomic mass is 15.3. The maximum atomic E-state index is 4.22. The molecule has 0 amide bonds. The molecular weight excluding hydrogens is 222 g/mol. The Hall–Kier alpha value is -0.830. The predicted molar refractivity (Wildman–Crippen MR) is 75.5 cm³/mol. The van der Waals surface area contributed by atoms with E-state index >= 15 is 0 Å². The molecule has 0 spiro atoms. The van der Waals surface area contributed by atoms with E-state index < -0.39 is 0 Å². The summed E-state index contributed by atoms with van der Waals surface area (Å²) in [6, 6.07) is 2.76. The van der Waals surface area contributed by atoms with Gasteiger partial charge in [-0.25, -0.2) is 0 Å². The van der Waals surface area contributed by atoms with Gasteiger partial charge in [-0.3, -0.25) is 4.68 Å². The van der Waals surface area contributed by atoms with Crippen LogP contribution in [-0.2, 0) is 6.54 Å². The van der Waals surface area contributed by atoms with Crippen molar-refractivity contribution in [1.82, 2.24) is 15.1 Å². The van der Waals surface area contributed by atoms with Gasteiger partial charge in [-0.2, -0.15) is 5.10 Å². The Morgan fingerprint density at radius 3 is 2.78 bits per heavy atom. The summed E-state index contributed by atoms with van der Waals surface area (Å²) in [7, 11) is 0. The normalized spacial score (nSPS) is 24.3. The van der Waals surface area contributed by atoms with Crippen LogP contribution in [0.4, 0.5) is 0 Å². The average Bonchev–Trinajstić information content (AvgIpc) is 2.90. The number of nitrogens with one attached hydrogen (secondary N) is 1. The summed E-state index contributed by atoms with van der Waals surface area (Å²) in [6.45, 7) is 4.47. The lowest BCUT2D eigenvalue weighted by molar-refractivity contribution is 0.277. The first kappa shape index (κ1) is 13.6. The molecule has 102 valence electrons. The summed E-state index contributed by atoms with van der Waals surface area (Å²) < 4.78 is 2.01. The van der Waals surface area contributed by atoms with Crippen molar-refractivity contribution in [2.24, 2.45) is 5.92 Å². The summed E-state index contributed by atoms with van der Waals surface area (Å²) in [5.41, 5.74) is 0. The number of nitrogens with zero attached hydrogens (tertiary/aromatic N) is 2. The molecule has 1 aliphatic rings. The van der Waals surface area contributed by atoms with E-state index in [1.807, 2.05) is 23.1 Å². The van der Waals surface area contributed by atoms with Crippen LogP contribution in [0.5, 0.6) is 0 Å². The zero-order chi connectivity index (χ0) is 12.6. The summed E-state index contributed by atoms with van der Waals surface area (Å²) in [5.74, 6) is 1.01. The van der Waals surface area contributed by atoms with Gasteiger partial charge in [0.25, 0.3) is 0 Å². The fourth-order valence-corrected chi connectivity index (χ4v) is 3.04. The third kappa shape index (κ3) is 4.45. The molecule has 0 atom stereocenters. The quantitative estimate of drug-likeness (QED) is 0.752. The van der Waals surface area contributed by atoms with E-state index in [1.165, 1.54) is 44.9 Å². The molecule has 1 fully saturated rings. The molecule has 1 aromatic rings. The second-order valence-electron chi connectivity index (χ2n) is 5.58. The first-order valence-electron chi connectivity index (χ1n) is 7.59. The highest BCUT2D eigenvalue weighted by molar-refractivity contribution is 4.79. The number of aromatic nitrogens is 2. The van der Waals surface area contributed by atoms with Gasteiger partial charge in [0.05, 0.1) is 0 Å². The minimum Gasteiger partial charge on any atom is -0.314 e. The molecule has 0 aliphatic heterocycles. The fraction of sp³-hybridized carbons (Fsp3) is 0.800. The third-order valence-electron chi connectivity index (χ3n) is 4.10. The Morgan fingerprint density at radius 2 is 2.11 bits per heavy atom. The molecule has 2 rings (SSSR count). The fourth-order valence-electron chi connectivity index (χ4n) is 3.04. The SMILES string of the molecule is CCCC1CCC(NCCCn2cccn2)CC1. The van der Waals surface area contributed by atoms with E-state index in [-0.39, 0.29) is 0 Å². The monoisotopic (exact) mass is 249 g/mol. The molecule has 1 aromatic heterocycles. The molecule has 0 aromatic carbocycles. The maximum Gasteiger partial charge on any atom is 0.0489 e. The average molecular weight is 249 g/mol. The lowest BCUT2D eigenvalue weighted by atomic mass is 9.83. The Labute approximate surface area is 111 Å². The first-order chi connectivity index (χ1) is 8.88. The van der Waals surface area contributed by atoms with Gasteiger partial charge in [0.2, 0.25) is 0 Å². The van der Waals surface area contributed by atoms with E-state index in [4.69, 9.17) is 0 Å². The van der Waals surface area contributed by atoms with Crippen LogP contribution < -0.4 is 5.32 Å². The topological polar surface area (TPSA) is 29.9 Å². The second-order valence-corrected chi connectivity index (χ2v) is 5.58. The highest BCUT2D eigenvalue weighted by Crippen LogP contribution is 2.27. The highest BCUT2D eigenvalue weighted by Gasteiger charge is 2.19. The van der Waals surface area contributed by atoms with Crippen LogP contribution in [0.1, 0.15) is 51.9 Å². The van der Waals surface area contributed by atoms with Crippen LogP contribution in [0.25, 0.3) is 0 Å². The van der Waals surface area contributed by atoms with Crippen molar-refractivity contribution >= 4 is 0 Å². The molecule has 1 heterocycles. The minimum atomic E-state index is 0.774. The van der Waals surface area contributed by atoms with Gasteiger partial charge in [0.15, 0.2) is 0 Å². The Kier molecular flexibility index (Phi) is 5.72. The molecule has 18 heavy (non-hydrogen) atoms. The lowest BCUT2D eigenvalue weighted by Gasteiger charge is -2.29. The van der Waals surface area contributed by atoms with E-state index in [1.54, 1.807) is 0 Å². The van der Waals surface area contributed by atoms with Gasteiger partial charge < -0.3 is 5.32 Å². The minimum absolute atomic E-state index is 0.774. The smallest absolute Gasteiger partial charge is 0.0489 e. The standard InChI is InChI=1S/C15H27N3/c1-2-5-14-6-8-15(9-7-14)16-10-3-12-18-13-4-11-17-18/h4,11,13-16H,2-3,5-10,12H2,1H3.